The molecule has 1 heterocycles. The number of benzene rings is 2. The van der Waals surface area contributed by atoms with E-state index in [0.29, 0.717) is 35.8 Å². The van der Waals surface area contributed by atoms with Crippen molar-refractivity contribution in [3.63, 3.8) is 0 Å². The van der Waals surface area contributed by atoms with E-state index in [0.717, 1.165) is 17.8 Å². The molecule has 0 aromatic heterocycles. The molecule has 0 bridgehead atoms. The molecule has 0 radical (unpaired) electrons. The van der Waals surface area contributed by atoms with Crippen LogP contribution in [0.15, 0.2) is 35.2 Å². The number of likely N-dealkylation sites (N-methyl/N-ethyl adjacent to an activating group) is 1. The van der Waals surface area contributed by atoms with Crippen molar-refractivity contribution in [3.8, 4) is 17.2 Å². The molecule has 3 rings (SSSR count). The molecule has 0 amide bonds. The van der Waals surface area contributed by atoms with E-state index in [1.807, 2.05) is 31.3 Å². The van der Waals surface area contributed by atoms with Crippen molar-refractivity contribution in [2.75, 3.05) is 45.9 Å². The summed E-state index contributed by atoms with van der Waals surface area (Å²) in [4.78, 5) is 2.31. The van der Waals surface area contributed by atoms with Crippen LogP contribution in [-0.4, -0.2) is 49.4 Å². The Bertz CT molecular complexity index is 959. The quantitative estimate of drug-likeness (QED) is 0.761. The van der Waals surface area contributed by atoms with Crippen LogP contribution in [0.4, 0.5) is 5.69 Å². The average Bonchev–Trinajstić information content (AvgIpc) is 2.68. The smallest absolute Gasteiger partial charge is 0.240 e. The summed E-state index contributed by atoms with van der Waals surface area (Å²) in [5.41, 5.74) is 2.55. The Labute approximate surface area is 166 Å². The van der Waals surface area contributed by atoms with Crippen molar-refractivity contribution >= 4 is 15.7 Å². The monoisotopic (exact) mass is 406 g/mol. The average molecular weight is 407 g/mol. The highest BCUT2D eigenvalue weighted by Gasteiger charge is 2.23. The molecule has 0 unspecified atom stereocenters. The van der Waals surface area contributed by atoms with Gasteiger partial charge in [0, 0.05) is 19.7 Å². The number of aryl methyl sites for hydroxylation is 1. The first-order valence-electron chi connectivity index (χ1n) is 9.05. The number of methoxy groups -OCH3 is 2. The van der Waals surface area contributed by atoms with E-state index in [4.69, 9.17) is 14.2 Å². The first kappa shape index (κ1) is 20.3. The van der Waals surface area contributed by atoms with Crippen LogP contribution in [0.2, 0.25) is 0 Å². The topological polar surface area (TPSA) is 77.1 Å². The van der Waals surface area contributed by atoms with Gasteiger partial charge in [-0.1, -0.05) is 6.07 Å². The number of sulfonamides is 1. The number of rotatable bonds is 7. The largest absolute Gasteiger partial charge is 0.493 e. The van der Waals surface area contributed by atoms with Crippen LogP contribution in [0.5, 0.6) is 17.2 Å². The van der Waals surface area contributed by atoms with Gasteiger partial charge in [-0.2, -0.15) is 0 Å². The van der Waals surface area contributed by atoms with Gasteiger partial charge in [-0.25, -0.2) is 13.1 Å². The van der Waals surface area contributed by atoms with E-state index in [1.165, 1.54) is 0 Å². The van der Waals surface area contributed by atoms with Gasteiger partial charge in [0.2, 0.25) is 10.0 Å². The van der Waals surface area contributed by atoms with Crippen molar-refractivity contribution in [1.82, 2.24) is 4.72 Å². The molecule has 1 aliphatic heterocycles. The Morgan fingerprint density at radius 1 is 1.14 bits per heavy atom. The molecule has 0 saturated heterocycles. The highest BCUT2D eigenvalue weighted by Crippen LogP contribution is 2.35. The molecule has 8 heteroatoms. The summed E-state index contributed by atoms with van der Waals surface area (Å²) in [5.74, 6) is 1.86. The summed E-state index contributed by atoms with van der Waals surface area (Å²) in [5, 5.41) is 0. The Morgan fingerprint density at radius 2 is 1.89 bits per heavy atom. The Hall–Kier alpha value is -2.45. The number of nitrogens with zero attached hydrogens (tertiary/aromatic N) is 1. The molecule has 0 aliphatic carbocycles. The third-order valence-electron chi connectivity index (χ3n) is 4.80. The third kappa shape index (κ3) is 4.18. The second kappa shape index (κ2) is 8.28. The van der Waals surface area contributed by atoms with E-state index in [2.05, 4.69) is 9.62 Å². The van der Waals surface area contributed by atoms with Crippen molar-refractivity contribution in [1.29, 1.82) is 0 Å². The lowest BCUT2D eigenvalue weighted by Gasteiger charge is -2.28. The maximum atomic E-state index is 12.8. The minimum Gasteiger partial charge on any atom is -0.493 e. The first-order chi connectivity index (χ1) is 13.4. The lowest BCUT2D eigenvalue weighted by atomic mass is 10.1. The fourth-order valence-electron chi connectivity index (χ4n) is 3.21. The number of ether oxygens (including phenoxy) is 3. The third-order valence-corrected chi connectivity index (χ3v) is 6.40. The number of fused-ring (bicyclic) bond motifs is 1. The van der Waals surface area contributed by atoms with Crippen LogP contribution in [0.1, 0.15) is 11.1 Å². The van der Waals surface area contributed by atoms with Crippen LogP contribution in [0.3, 0.4) is 0 Å². The van der Waals surface area contributed by atoms with Crippen LogP contribution in [0, 0.1) is 6.92 Å². The SMILES string of the molecule is COc1ccc(CCNS(=O)(=O)c2cc3c(cc2C)N(C)CCO3)cc1OC. The van der Waals surface area contributed by atoms with Gasteiger partial charge in [0.1, 0.15) is 12.4 Å². The van der Waals surface area contributed by atoms with Gasteiger partial charge in [0.05, 0.1) is 31.3 Å². The van der Waals surface area contributed by atoms with Gasteiger partial charge in [-0.3, -0.25) is 0 Å². The molecule has 2 aromatic rings. The minimum atomic E-state index is -3.65. The van der Waals surface area contributed by atoms with Gasteiger partial charge < -0.3 is 19.1 Å². The van der Waals surface area contributed by atoms with Gasteiger partial charge in [0.15, 0.2) is 11.5 Å². The predicted octanol–water partition coefficient (Wildman–Crippen LogP) is 2.36. The molecule has 0 fully saturated rings. The second-order valence-electron chi connectivity index (χ2n) is 6.69. The normalized spacial score (nSPS) is 13.6. The van der Waals surface area contributed by atoms with Crippen molar-refractivity contribution in [2.24, 2.45) is 0 Å². The molecule has 0 saturated carbocycles. The van der Waals surface area contributed by atoms with Crippen molar-refractivity contribution < 1.29 is 22.6 Å². The fourth-order valence-corrected chi connectivity index (χ4v) is 4.49. The molecule has 7 nitrogen and oxygen atoms in total. The summed E-state index contributed by atoms with van der Waals surface area (Å²) in [6.07, 6.45) is 0.531. The first-order valence-corrected chi connectivity index (χ1v) is 10.5. The van der Waals surface area contributed by atoms with Gasteiger partial charge >= 0.3 is 0 Å². The van der Waals surface area contributed by atoms with Gasteiger partial charge in [-0.05, 0) is 42.7 Å². The second-order valence-corrected chi connectivity index (χ2v) is 8.43. The highest BCUT2D eigenvalue weighted by molar-refractivity contribution is 7.89. The van der Waals surface area contributed by atoms with Crippen LogP contribution < -0.4 is 23.8 Å². The van der Waals surface area contributed by atoms with E-state index < -0.39 is 10.0 Å². The zero-order chi connectivity index (χ0) is 20.3. The lowest BCUT2D eigenvalue weighted by Crippen LogP contribution is -2.30. The summed E-state index contributed by atoms with van der Waals surface area (Å²) in [6.45, 7) is 3.39. The summed E-state index contributed by atoms with van der Waals surface area (Å²) >= 11 is 0. The zero-order valence-electron chi connectivity index (χ0n) is 16.6. The van der Waals surface area contributed by atoms with Crippen LogP contribution >= 0.6 is 0 Å². The number of hydrogen-bond acceptors (Lipinski definition) is 6. The van der Waals surface area contributed by atoms with Gasteiger partial charge in [-0.15, -0.1) is 0 Å². The van der Waals surface area contributed by atoms with E-state index in [-0.39, 0.29) is 11.4 Å². The van der Waals surface area contributed by atoms with Gasteiger partial charge in [0.25, 0.3) is 0 Å². The number of hydrogen-bond donors (Lipinski definition) is 1. The molecular formula is C20H26N2O5S. The van der Waals surface area contributed by atoms with Crippen LogP contribution in [-0.2, 0) is 16.4 Å². The molecule has 1 N–H and O–H groups in total. The molecule has 2 aromatic carbocycles. The standard InChI is InChI=1S/C20H26N2O5S/c1-14-11-16-18(27-10-9-22(16)2)13-20(14)28(23,24)21-8-7-15-5-6-17(25-3)19(12-15)26-4/h5-6,11-13,21H,7-10H2,1-4H3. The fraction of sp³-hybridized carbons (Fsp3) is 0.400. The molecule has 0 atom stereocenters. The maximum Gasteiger partial charge on any atom is 0.240 e. The minimum absolute atomic E-state index is 0.244. The lowest BCUT2D eigenvalue weighted by molar-refractivity contribution is 0.310. The van der Waals surface area contributed by atoms with Crippen LogP contribution in [0.25, 0.3) is 0 Å². The summed E-state index contributed by atoms with van der Waals surface area (Å²) in [7, 11) is 1.47. The number of nitrogens with one attached hydrogen (secondary N) is 1. The van der Waals surface area contributed by atoms with Crippen molar-refractivity contribution in [2.45, 2.75) is 18.2 Å². The number of anilines is 1. The molecule has 0 spiro atoms. The van der Waals surface area contributed by atoms with E-state index in [9.17, 15) is 8.42 Å². The van der Waals surface area contributed by atoms with E-state index >= 15 is 0 Å². The molecular weight excluding hydrogens is 380 g/mol. The molecule has 28 heavy (non-hydrogen) atoms. The van der Waals surface area contributed by atoms with E-state index in [1.54, 1.807) is 27.2 Å². The summed E-state index contributed by atoms with van der Waals surface area (Å²) in [6, 6.07) is 9.02. The Kier molecular flexibility index (Phi) is 6.00. The maximum absolute atomic E-state index is 12.8. The molecule has 152 valence electrons. The summed E-state index contributed by atoms with van der Waals surface area (Å²) < 4.78 is 44.5. The predicted molar refractivity (Wildman–Crippen MR) is 108 cm³/mol. The zero-order valence-corrected chi connectivity index (χ0v) is 17.4. The Balaban J connectivity index is 1.73. The molecule has 1 aliphatic rings. The highest BCUT2D eigenvalue weighted by atomic mass is 32.2. The van der Waals surface area contributed by atoms with Crippen molar-refractivity contribution in [3.05, 3.63) is 41.5 Å². The Morgan fingerprint density at radius 3 is 2.61 bits per heavy atom.